The van der Waals surface area contributed by atoms with Gasteiger partial charge in [0.15, 0.2) is 0 Å². The van der Waals surface area contributed by atoms with E-state index in [-0.39, 0.29) is 6.04 Å². The van der Waals surface area contributed by atoms with Crippen LogP contribution in [-0.2, 0) is 6.42 Å². The Labute approximate surface area is 112 Å². The van der Waals surface area contributed by atoms with Gasteiger partial charge in [0.2, 0.25) is 0 Å². The topological polar surface area (TPSA) is 41.5 Å². The third-order valence-corrected chi connectivity index (χ3v) is 3.68. The molecule has 1 aliphatic carbocycles. The van der Waals surface area contributed by atoms with E-state index in [4.69, 9.17) is 4.74 Å². The number of phenols is 1. The Balaban J connectivity index is 1.89. The second-order valence-corrected chi connectivity index (χ2v) is 4.78. The normalized spacial score (nSPS) is 17.0. The first-order valence-electron chi connectivity index (χ1n) is 6.50. The van der Waals surface area contributed by atoms with Crippen LogP contribution in [0.4, 0.5) is 5.69 Å². The monoisotopic (exact) mass is 255 g/mol. The molecular weight excluding hydrogens is 238 g/mol. The van der Waals surface area contributed by atoms with Crippen LogP contribution in [0.1, 0.15) is 23.6 Å². The quantitative estimate of drug-likeness (QED) is 0.882. The van der Waals surface area contributed by atoms with Crippen LogP contribution in [0.2, 0.25) is 0 Å². The van der Waals surface area contributed by atoms with Crippen molar-refractivity contribution in [2.45, 2.75) is 18.9 Å². The molecule has 0 bridgehead atoms. The van der Waals surface area contributed by atoms with Crippen molar-refractivity contribution in [3.05, 3.63) is 53.6 Å². The molecule has 0 spiro atoms. The Kier molecular flexibility index (Phi) is 3.03. The molecule has 3 nitrogen and oxygen atoms in total. The van der Waals surface area contributed by atoms with Gasteiger partial charge in [0.25, 0.3) is 0 Å². The van der Waals surface area contributed by atoms with E-state index in [1.54, 1.807) is 13.2 Å². The lowest BCUT2D eigenvalue weighted by Gasteiger charge is -2.17. The molecule has 2 aromatic carbocycles. The number of anilines is 1. The lowest BCUT2D eigenvalue weighted by atomic mass is 10.1. The predicted octanol–water partition coefficient (Wildman–Crippen LogP) is 3.50. The van der Waals surface area contributed by atoms with E-state index in [0.717, 1.165) is 29.8 Å². The molecule has 3 heteroatoms. The summed E-state index contributed by atoms with van der Waals surface area (Å²) in [5.74, 6) is 1.25. The molecule has 1 aliphatic rings. The maximum absolute atomic E-state index is 9.86. The summed E-state index contributed by atoms with van der Waals surface area (Å²) in [6, 6.07) is 13.9. The largest absolute Gasteiger partial charge is 0.508 e. The molecule has 19 heavy (non-hydrogen) atoms. The van der Waals surface area contributed by atoms with Crippen LogP contribution in [0, 0.1) is 0 Å². The van der Waals surface area contributed by atoms with Gasteiger partial charge in [0.1, 0.15) is 11.5 Å². The summed E-state index contributed by atoms with van der Waals surface area (Å²) in [5, 5.41) is 13.4. The Hall–Kier alpha value is -2.16. The van der Waals surface area contributed by atoms with E-state index >= 15 is 0 Å². The van der Waals surface area contributed by atoms with Gasteiger partial charge in [-0.3, -0.25) is 0 Å². The van der Waals surface area contributed by atoms with Gasteiger partial charge >= 0.3 is 0 Å². The molecular formula is C16H17NO2. The van der Waals surface area contributed by atoms with Gasteiger partial charge in [0, 0.05) is 0 Å². The van der Waals surface area contributed by atoms with Crippen molar-refractivity contribution < 1.29 is 9.84 Å². The van der Waals surface area contributed by atoms with Gasteiger partial charge in [0.05, 0.1) is 18.8 Å². The fraction of sp³-hybridized carbons (Fsp3) is 0.250. The van der Waals surface area contributed by atoms with E-state index in [2.05, 4.69) is 11.4 Å². The van der Waals surface area contributed by atoms with Crippen molar-refractivity contribution in [1.82, 2.24) is 0 Å². The Bertz CT molecular complexity index is 595. The van der Waals surface area contributed by atoms with Crippen LogP contribution in [0.3, 0.4) is 0 Å². The molecule has 0 heterocycles. The molecule has 0 radical (unpaired) electrons. The average Bonchev–Trinajstić information content (AvgIpc) is 2.84. The van der Waals surface area contributed by atoms with Gasteiger partial charge < -0.3 is 15.2 Å². The van der Waals surface area contributed by atoms with Crippen molar-refractivity contribution in [2.75, 3.05) is 12.4 Å². The first kappa shape index (κ1) is 11.9. The van der Waals surface area contributed by atoms with Gasteiger partial charge in [-0.15, -0.1) is 0 Å². The highest BCUT2D eigenvalue weighted by molar-refractivity contribution is 5.59. The number of rotatable bonds is 3. The van der Waals surface area contributed by atoms with E-state index in [1.165, 1.54) is 5.56 Å². The van der Waals surface area contributed by atoms with Gasteiger partial charge in [-0.05, 0) is 42.2 Å². The summed E-state index contributed by atoms with van der Waals surface area (Å²) in [6.45, 7) is 0. The number of nitrogens with one attached hydrogen (secondary N) is 1. The zero-order valence-corrected chi connectivity index (χ0v) is 10.9. The lowest BCUT2D eigenvalue weighted by molar-refractivity contribution is 0.416. The molecule has 1 unspecified atom stereocenters. The van der Waals surface area contributed by atoms with Crippen LogP contribution in [0.5, 0.6) is 11.5 Å². The molecule has 0 aromatic heterocycles. The zero-order chi connectivity index (χ0) is 13.2. The lowest BCUT2D eigenvalue weighted by Crippen LogP contribution is -2.07. The molecule has 1 atom stereocenters. The third-order valence-electron chi connectivity index (χ3n) is 3.68. The fourth-order valence-corrected chi connectivity index (χ4v) is 2.74. The van der Waals surface area contributed by atoms with Crippen molar-refractivity contribution in [1.29, 1.82) is 0 Å². The van der Waals surface area contributed by atoms with E-state index < -0.39 is 0 Å². The second kappa shape index (κ2) is 4.84. The average molecular weight is 255 g/mol. The van der Waals surface area contributed by atoms with Gasteiger partial charge in [-0.1, -0.05) is 24.3 Å². The van der Waals surface area contributed by atoms with Gasteiger partial charge in [-0.25, -0.2) is 0 Å². The number of para-hydroxylation sites is 2. The Morgan fingerprint density at radius 3 is 2.84 bits per heavy atom. The standard InChI is InChI=1S/C16H17NO2/c1-19-16-8-3-2-6-14(16)17-13-10-9-12-11(13)5-4-7-15(12)18/h2-8,13,17-18H,9-10H2,1H3. The van der Waals surface area contributed by atoms with Crippen LogP contribution >= 0.6 is 0 Å². The van der Waals surface area contributed by atoms with E-state index in [0.29, 0.717) is 5.75 Å². The maximum Gasteiger partial charge on any atom is 0.141 e. The summed E-state index contributed by atoms with van der Waals surface area (Å²) in [4.78, 5) is 0. The van der Waals surface area contributed by atoms with Crippen molar-refractivity contribution in [3.63, 3.8) is 0 Å². The van der Waals surface area contributed by atoms with Crippen LogP contribution in [-0.4, -0.2) is 12.2 Å². The van der Waals surface area contributed by atoms with Gasteiger partial charge in [-0.2, -0.15) is 0 Å². The minimum absolute atomic E-state index is 0.235. The molecule has 0 fully saturated rings. The highest BCUT2D eigenvalue weighted by atomic mass is 16.5. The molecule has 98 valence electrons. The highest BCUT2D eigenvalue weighted by Crippen LogP contribution is 2.39. The Morgan fingerprint density at radius 1 is 1.16 bits per heavy atom. The summed E-state index contributed by atoms with van der Waals surface area (Å²) in [7, 11) is 1.68. The number of methoxy groups -OCH3 is 1. The minimum Gasteiger partial charge on any atom is -0.508 e. The third kappa shape index (κ3) is 2.12. The number of phenolic OH excluding ortho intramolecular Hbond substituents is 1. The zero-order valence-electron chi connectivity index (χ0n) is 10.9. The van der Waals surface area contributed by atoms with E-state index in [9.17, 15) is 5.11 Å². The van der Waals surface area contributed by atoms with Crippen molar-refractivity contribution in [3.8, 4) is 11.5 Å². The number of hydrogen-bond acceptors (Lipinski definition) is 3. The predicted molar refractivity (Wildman–Crippen MR) is 75.8 cm³/mol. The van der Waals surface area contributed by atoms with Crippen molar-refractivity contribution >= 4 is 5.69 Å². The Morgan fingerprint density at radius 2 is 2.00 bits per heavy atom. The number of hydrogen-bond donors (Lipinski definition) is 2. The smallest absolute Gasteiger partial charge is 0.141 e. The summed E-state index contributed by atoms with van der Waals surface area (Å²) in [6.07, 6.45) is 1.90. The number of fused-ring (bicyclic) bond motifs is 1. The first-order chi connectivity index (χ1) is 9.29. The van der Waals surface area contributed by atoms with Crippen molar-refractivity contribution in [2.24, 2.45) is 0 Å². The molecule has 3 rings (SSSR count). The molecule has 2 aromatic rings. The number of ether oxygens (including phenoxy) is 1. The SMILES string of the molecule is COc1ccccc1NC1CCc2c(O)cccc21. The molecule has 0 saturated carbocycles. The van der Waals surface area contributed by atoms with Crippen LogP contribution in [0.25, 0.3) is 0 Å². The highest BCUT2D eigenvalue weighted by Gasteiger charge is 2.24. The van der Waals surface area contributed by atoms with E-state index in [1.807, 2.05) is 30.3 Å². The summed E-state index contributed by atoms with van der Waals surface area (Å²) >= 11 is 0. The summed E-state index contributed by atoms with van der Waals surface area (Å²) < 4.78 is 5.36. The second-order valence-electron chi connectivity index (χ2n) is 4.78. The van der Waals surface area contributed by atoms with Crippen LogP contribution in [0.15, 0.2) is 42.5 Å². The molecule has 0 aliphatic heterocycles. The summed E-state index contributed by atoms with van der Waals surface area (Å²) in [5.41, 5.74) is 3.24. The fourth-order valence-electron chi connectivity index (χ4n) is 2.74. The molecule has 2 N–H and O–H groups in total. The first-order valence-corrected chi connectivity index (χ1v) is 6.50. The number of benzene rings is 2. The number of aromatic hydroxyl groups is 1. The molecule has 0 saturated heterocycles. The minimum atomic E-state index is 0.235. The van der Waals surface area contributed by atoms with Crippen LogP contribution < -0.4 is 10.1 Å². The maximum atomic E-state index is 9.86. The molecule has 0 amide bonds.